The van der Waals surface area contributed by atoms with Gasteiger partial charge in [-0.15, -0.1) is 0 Å². The average molecular weight is 299 g/mol. The lowest BCUT2D eigenvalue weighted by molar-refractivity contribution is 0.278. The van der Waals surface area contributed by atoms with Crippen LogP contribution in [0.2, 0.25) is 0 Å². The predicted molar refractivity (Wildman–Crippen MR) is 88.1 cm³/mol. The van der Waals surface area contributed by atoms with Crippen LogP contribution < -0.4 is 10.1 Å². The van der Waals surface area contributed by atoms with Crippen LogP contribution in [0, 0.1) is 0 Å². The van der Waals surface area contributed by atoms with E-state index in [9.17, 15) is 0 Å². The average Bonchev–Trinajstić information content (AvgIpc) is 3.09. The SMILES string of the molecule is COc1ccc(C2(CNCc3ncc[nH]3)CCCCC2)cc1. The van der Waals surface area contributed by atoms with Gasteiger partial charge in [-0.25, -0.2) is 4.98 Å². The summed E-state index contributed by atoms with van der Waals surface area (Å²) in [6, 6.07) is 8.63. The third-order valence-electron chi connectivity index (χ3n) is 4.82. The second-order valence-corrected chi connectivity index (χ2v) is 6.21. The van der Waals surface area contributed by atoms with Gasteiger partial charge >= 0.3 is 0 Å². The monoisotopic (exact) mass is 299 g/mol. The smallest absolute Gasteiger partial charge is 0.120 e. The van der Waals surface area contributed by atoms with Crippen molar-refractivity contribution >= 4 is 0 Å². The van der Waals surface area contributed by atoms with Crippen LogP contribution in [0.1, 0.15) is 43.5 Å². The van der Waals surface area contributed by atoms with Crippen molar-refractivity contribution in [1.82, 2.24) is 15.3 Å². The number of hydrogen-bond acceptors (Lipinski definition) is 3. The molecule has 0 amide bonds. The molecule has 4 heteroatoms. The van der Waals surface area contributed by atoms with Crippen LogP contribution in [0.15, 0.2) is 36.7 Å². The van der Waals surface area contributed by atoms with Crippen molar-refractivity contribution in [2.45, 2.75) is 44.1 Å². The molecule has 1 fully saturated rings. The number of aromatic amines is 1. The van der Waals surface area contributed by atoms with E-state index in [4.69, 9.17) is 4.74 Å². The molecule has 0 bridgehead atoms. The van der Waals surface area contributed by atoms with Crippen molar-refractivity contribution in [3.63, 3.8) is 0 Å². The molecule has 22 heavy (non-hydrogen) atoms. The zero-order valence-corrected chi connectivity index (χ0v) is 13.3. The molecule has 4 nitrogen and oxygen atoms in total. The van der Waals surface area contributed by atoms with Gasteiger partial charge in [0.2, 0.25) is 0 Å². The molecular formula is C18H25N3O. The molecule has 0 unspecified atom stereocenters. The van der Waals surface area contributed by atoms with Gasteiger partial charge in [-0.2, -0.15) is 0 Å². The fourth-order valence-corrected chi connectivity index (χ4v) is 3.56. The molecule has 0 aliphatic heterocycles. The highest BCUT2D eigenvalue weighted by molar-refractivity contribution is 5.33. The number of rotatable bonds is 6. The Kier molecular flexibility index (Phi) is 4.78. The highest BCUT2D eigenvalue weighted by Gasteiger charge is 2.33. The molecule has 1 saturated carbocycles. The predicted octanol–water partition coefficient (Wildman–Crippen LogP) is 3.41. The second kappa shape index (κ2) is 6.97. The maximum Gasteiger partial charge on any atom is 0.120 e. The molecule has 2 aromatic rings. The molecule has 1 aliphatic carbocycles. The first-order valence-electron chi connectivity index (χ1n) is 8.16. The number of ether oxygens (including phenoxy) is 1. The molecular weight excluding hydrogens is 274 g/mol. The van der Waals surface area contributed by atoms with E-state index in [0.29, 0.717) is 0 Å². The number of aromatic nitrogens is 2. The number of methoxy groups -OCH3 is 1. The Morgan fingerprint density at radius 2 is 1.95 bits per heavy atom. The molecule has 2 N–H and O–H groups in total. The van der Waals surface area contributed by atoms with Crippen LogP contribution in [0.25, 0.3) is 0 Å². The Labute approximate surface area is 132 Å². The Morgan fingerprint density at radius 3 is 2.59 bits per heavy atom. The number of hydrogen-bond donors (Lipinski definition) is 2. The van der Waals surface area contributed by atoms with Gasteiger partial charge < -0.3 is 15.0 Å². The number of nitrogens with zero attached hydrogens (tertiary/aromatic N) is 1. The normalized spacial score (nSPS) is 17.3. The Balaban J connectivity index is 1.71. The van der Waals surface area contributed by atoms with E-state index in [1.165, 1.54) is 37.7 Å². The number of H-pyrrole nitrogens is 1. The summed E-state index contributed by atoms with van der Waals surface area (Å²) < 4.78 is 5.29. The highest BCUT2D eigenvalue weighted by Crippen LogP contribution is 2.39. The highest BCUT2D eigenvalue weighted by atomic mass is 16.5. The molecule has 0 spiro atoms. The van der Waals surface area contributed by atoms with Gasteiger partial charge in [-0.05, 0) is 30.5 Å². The zero-order valence-electron chi connectivity index (χ0n) is 13.3. The van der Waals surface area contributed by atoms with Crippen LogP contribution in [-0.4, -0.2) is 23.6 Å². The van der Waals surface area contributed by atoms with E-state index in [2.05, 4.69) is 39.6 Å². The van der Waals surface area contributed by atoms with E-state index < -0.39 is 0 Å². The molecule has 0 radical (unpaired) electrons. The van der Waals surface area contributed by atoms with Gasteiger partial charge in [0.15, 0.2) is 0 Å². The summed E-state index contributed by atoms with van der Waals surface area (Å²) in [4.78, 5) is 7.43. The summed E-state index contributed by atoms with van der Waals surface area (Å²) in [6.07, 6.45) is 10.2. The second-order valence-electron chi connectivity index (χ2n) is 6.21. The maximum atomic E-state index is 5.29. The minimum Gasteiger partial charge on any atom is -0.497 e. The van der Waals surface area contributed by atoms with E-state index in [0.717, 1.165) is 24.7 Å². The lowest BCUT2D eigenvalue weighted by Gasteiger charge is -2.38. The number of benzene rings is 1. The van der Waals surface area contributed by atoms with E-state index in [-0.39, 0.29) is 5.41 Å². The summed E-state index contributed by atoms with van der Waals surface area (Å²) in [5.41, 5.74) is 1.68. The van der Waals surface area contributed by atoms with E-state index in [1.54, 1.807) is 13.3 Å². The summed E-state index contributed by atoms with van der Waals surface area (Å²) in [6.45, 7) is 1.80. The topological polar surface area (TPSA) is 49.9 Å². The largest absolute Gasteiger partial charge is 0.497 e. The molecule has 1 aromatic carbocycles. The summed E-state index contributed by atoms with van der Waals surface area (Å²) in [7, 11) is 1.72. The number of nitrogens with one attached hydrogen (secondary N) is 2. The summed E-state index contributed by atoms with van der Waals surface area (Å²) in [5.74, 6) is 1.93. The van der Waals surface area contributed by atoms with Gasteiger partial charge in [-0.1, -0.05) is 31.4 Å². The molecule has 3 rings (SSSR count). The van der Waals surface area contributed by atoms with E-state index in [1.807, 2.05) is 6.20 Å². The van der Waals surface area contributed by atoms with Crippen LogP contribution in [-0.2, 0) is 12.0 Å². The summed E-state index contributed by atoms with van der Waals surface area (Å²) in [5, 5.41) is 3.60. The Morgan fingerprint density at radius 1 is 1.18 bits per heavy atom. The molecule has 1 heterocycles. The first-order chi connectivity index (χ1) is 10.8. The van der Waals surface area contributed by atoms with E-state index >= 15 is 0 Å². The lowest BCUT2D eigenvalue weighted by atomic mass is 9.69. The molecule has 1 aliphatic rings. The van der Waals surface area contributed by atoms with Crippen molar-refractivity contribution in [3.05, 3.63) is 48.0 Å². The minimum atomic E-state index is 0.247. The first-order valence-corrected chi connectivity index (χ1v) is 8.16. The van der Waals surface area contributed by atoms with Crippen LogP contribution in [0.4, 0.5) is 0 Å². The number of imidazole rings is 1. The quantitative estimate of drug-likeness (QED) is 0.859. The lowest BCUT2D eigenvalue weighted by Crippen LogP contribution is -2.39. The maximum absolute atomic E-state index is 5.29. The van der Waals surface area contributed by atoms with Crippen molar-refractivity contribution in [3.8, 4) is 5.75 Å². The fraction of sp³-hybridized carbons (Fsp3) is 0.500. The standard InChI is InChI=1S/C18H25N3O/c1-22-16-7-5-15(6-8-16)18(9-3-2-4-10-18)14-19-13-17-20-11-12-21-17/h5-8,11-12,19H,2-4,9-10,13-14H2,1H3,(H,20,21). The molecule has 1 aromatic heterocycles. The third kappa shape index (κ3) is 3.33. The Bertz CT molecular complexity index is 557. The van der Waals surface area contributed by atoms with Crippen molar-refractivity contribution in [2.24, 2.45) is 0 Å². The first kappa shape index (κ1) is 15.1. The molecule has 0 saturated heterocycles. The van der Waals surface area contributed by atoms with Gasteiger partial charge in [0.25, 0.3) is 0 Å². The third-order valence-corrected chi connectivity index (χ3v) is 4.82. The van der Waals surface area contributed by atoms with Gasteiger partial charge in [0.1, 0.15) is 11.6 Å². The van der Waals surface area contributed by atoms with Crippen LogP contribution in [0.5, 0.6) is 5.75 Å². The zero-order chi connectivity index (χ0) is 15.3. The van der Waals surface area contributed by atoms with Crippen LogP contribution in [0.3, 0.4) is 0 Å². The van der Waals surface area contributed by atoms with Crippen molar-refractivity contribution in [2.75, 3.05) is 13.7 Å². The van der Waals surface area contributed by atoms with Crippen molar-refractivity contribution < 1.29 is 4.74 Å². The molecule has 0 atom stereocenters. The fourth-order valence-electron chi connectivity index (χ4n) is 3.56. The van der Waals surface area contributed by atoms with Crippen molar-refractivity contribution in [1.29, 1.82) is 0 Å². The van der Waals surface area contributed by atoms with Gasteiger partial charge in [0.05, 0.1) is 13.7 Å². The van der Waals surface area contributed by atoms with Gasteiger partial charge in [-0.3, -0.25) is 0 Å². The Hall–Kier alpha value is -1.81. The summed E-state index contributed by atoms with van der Waals surface area (Å²) >= 11 is 0. The minimum absolute atomic E-state index is 0.247. The van der Waals surface area contributed by atoms with Crippen LogP contribution >= 0.6 is 0 Å². The molecule has 118 valence electrons. The van der Waals surface area contributed by atoms with Gasteiger partial charge in [0, 0.05) is 24.4 Å².